The van der Waals surface area contributed by atoms with E-state index in [-0.39, 0.29) is 17.4 Å². The normalized spacial score (nSPS) is 16.4. The van der Waals surface area contributed by atoms with Crippen LogP contribution in [0.25, 0.3) is 23.3 Å². The Morgan fingerprint density at radius 1 is 1.19 bits per heavy atom. The lowest BCUT2D eigenvalue weighted by Gasteiger charge is -2.15. The van der Waals surface area contributed by atoms with E-state index in [1.807, 2.05) is 31.2 Å². The molecule has 164 valence electrons. The zero-order chi connectivity index (χ0) is 22.0. The van der Waals surface area contributed by atoms with Crippen LogP contribution in [-0.4, -0.2) is 45.5 Å². The molecular formula is C22H26N4O5. The minimum atomic E-state index is -0.363. The Kier molecular flexibility index (Phi) is 5.94. The third-order valence-corrected chi connectivity index (χ3v) is 5.31. The number of aromatic amines is 1. The molecule has 3 heterocycles. The number of nitrogens with zero attached hydrogens (tertiary/aromatic N) is 3. The summed E-state index contributed by atoms with van der Waals surface area (Å²) in [7, 11) is 1.60. The van der Waals surface area contributed by atoms with Gasteiger partial charge in [-0.05, 0) is 37.6 Å². The molecule has 9 nitrogen and oxygen atoms in total. The van der Waals surface area contributed by atoms with E-state index < -0.39 is 0 Å². The highest BCUT2D eigenvalue weighted by atomic mass is 16.6. The number of benzene rings is 1. The van der Waals surface area contributed by atoms with Gasteiger partial charge in [0.05, 0.1) is 20.3 Å². The molecule has 3 aromatic rings. The Labute approximate surface area is 178 Å². The predicted molar refractivity (Wildman–Crippen MR) is 118 cm³/mol. The van der Waals surface area contributed by atoms with Gasteiger partial charge < -0.3 is 19.2 Å². The molecular weight excluding hydrogens is 400 g/mol. The van der Waals surface area contributed by atoms with Crippen molar-refractivity contribution >= 4 is 23.3 Å². The molecule has 0 aliphatic carbocycles. The molecule has 0 saturated carbocycles. The van der Waals surface area contributed by atoms with E-state index >= 15 is 0 Å². The van der Waals surface area contributed by atoms with E-state index in [1.54, 1.807) is 20.1 Å². The first-order chi connectivity index (χ1) is 15.0. The molecule has 1 aliphatic heterocycles. The predicted octanol–water partition coefficient (Wildman–Crippen LogP) is 2.27. The number of H-pyrrole nitrogens is 1. The molecule has 0 bridgehead atoms. The molecule has 0 unspecified atom stereocenters. The quantitative estimate of drug-likeness (QED) is 0.622. The van der Waals surface area contributed by atoms with Crippen molar-refractivity contribution in [3.8, 4) is 11.5 Å². The number of hydrogen-bond acceptors (Lipinski definition) is 6. The molecule has 9 heteroatoms. The molecule has 1 atom stereocenters. The highest BCUT2D eigenvalue weighted by Gasteiger charge is 2.19. The molecule has 0 spiro atoms. The van der Waals surface area contributed by atoms with Gasteiger partial charge in [0.15, 0.2) is 17.1 Å². The summed E-state index contributed by atoms with van der Waals surface area (Å²) in [5.74, 6) is 1.79. The topological polar surface area (TPSA) is 100 Å². The zero-order valence-electron chi connectivity index (χ0n) is 17.9. The van der Waals surface area contributed by atoms with E-state index in [9.17, 15) is 9.59 Å². The summed E-state index contributed by atoms with van der Waals surface area (Å²) in [6, 6.07) is 5.65. The van der Waals surface area contributed by atoms with Crippen molar-refractivity contribution in [3.63, 3.8) is 0 Å². The fourth-order valence-corrected chi connectivity index (χ4v) is 3.67. The van der Waals surface area contributed by atoms with E-state index in [2.05, 4.69) is 9.97 Å². The van der Waals surface area contributed by atoms with Crippen LogP contribution in [0.1, 0.15) is 31.7 Å². The minimum Gasteiger partial charge on any atom is -0.493 e. The number of nitrogens with one attached hydrogen (secondary N) is 1. The lowest BCUT2D eigenvalue weighted by molar-refractivity contribution is 0.138. The number of rotatable bonds is 7. The molecule has 2 aromatic heterocycles. The molecule has 0 amide bonds. The van der Waals surface area contributed by atoms with Crippen LogP contribution in [0.4, 0.5) is 0 Å². The number of imidazole rings is 1. The number of hydrogen-bond donors (Lipinski definition) is 1. The van der Waals surface area contributed by atoms with Crippen molar-refractivity contribution in [2.24, 2.45) is 0 Å². The molecule has 1 saturated heterocycles. The summed E-state index contributed by atoms with van der Waals surface area (Å²) in [5.41, 5.74) is 0.854. The average Bonchev–Trinajstić information content (AvgIpc) is 3.44. The first-order valence-electron chi connectivity index (χ1n) is 10.4. The van der Waals surface area contributed by atoms with Crippen LogP contribution in [0, 0.1) is 0 Å². The van der Waals surface area contributed by atoms with Gasteiger partial charge in [0, 0.05) is 19.5 Å². The smallest absolute Gasteiger partial charge is 0.332 e. The van der Waals surface area contributed by atoms with Gasteiger partial charge in [-0.3, -0.25) is 13.9 Å². The lowest BCUT2D eigenvalue weighted by Crippen LogP contribution is -2.39. The van der Waals surface area contributed by atoms with Crippen molar-refractivity contribution in [3.05, 3.63) is 50.4 Å². The Bertz CT molecular complexity index is 1230. The van der Waals surface area contributed by atoms with Gasteiger partial charge in [0.1, 0.15) is 17.4 Å². The van der Waals surface area contributed by atoms with Crippen molar-refractivity contribution < 1.29 is 14.2 Å². The first kappa shape index (κ1) is 20.9. The van der Waals surface area contributed by atoms with E-state index in [0.29, 0.717) is 54.8 Å². The number of ether oxygens (including phenoxy) is 3. The Morgan fingerprint density at radius 2 is 2.00 bits per heavy atom. The SMILES string of the molecule is CCn1c(=O)c2[nH]c(/C=C/c3ccc(O[C@H]4CCOC4)c(OC)c3)nc2n(CC)c1=O. The molecule has 1 N–H and O–H groups in total. The maximum Gasteiger partial charge on any atom is 0.332 e. The van der Waals surface area contributed by atoms with Crippen molar-refractivity contribution in [1.29, 1.82) is 0 Å². The van der Waals surface area contributed by atoms with Crippen molar-refractivity contribution in [2.75, 3.05) is 20.3 Å². The Balaban J connectivity index is 1.64. The standard InChI is InChI=1S/C22H26N4O5/c1-4-25-20-19(21(27)26(5-2)22(25)28)23-18(24-20)9-7-14-6-8-16(17(12-14)29-3)31-15-10-11-30-13-15/h6-9,12,15H,4-5,10-11,13H2,1-3H3,(H,23,24)/b9-7+/t15-/m0/s1. The van der Waals surface area contributed by atoms with Gasteiger partial charge in [-0.2, -0.15) is 0 Å². The first-order valence-corrected chi connectivity index (χ1v) is 10.4. The summed E-state index contributed by atoms with van der Waals surface area (Å²) in [5, 5.41) is 0. The second-order valence-electron chi connectivity index (χ2n) is 7.24. The second kappa shape index (κ2) is 8.81. The molecule has 1 fully saturated rings. The van der Waals surface area contributed by atoms with Gasteiger partial charge >= 0.3 is 5.69 Å². The van der Waals surface area contributed by atoms with Crippen LogP contribution in [0.2, 0.25) is 0 Å². The third-order valence-electron chi connectivity index (χ3n) is 5.31. The van der Waals surface area contributed by atoms with E-state index in [0.717, 1.165) is 12.0 Å². The number of methoxy groups -OCH3 is 1. The van der Waals surface area contributed by atoms with Crippen molar-refractivity contribution in [1.82, 2.24) is 19.1 Å². The number of fused-ring (bicyclic) bond motifs is 1. The van der Waals surface area contributed by atoms with Gasteiger partial charge in [-0.1, -0.05) is 12.1 Å². The van der Waals surface area contributed by atoms with Gasteiger partial charge in [0.2, 0.25) is 0 Å². The fraction of sp³-hybridized carbons (Fsp3) is 0.409. The van der Waals surface area contributed by atoms with E-state index in [4.69, 9.17) is 14.2 Å². The summed E-state index contributed by atoms with van der Waals surface area (Å²) < 4.78 is 19.5. The molecule has 31 heavy (non-hydrogen) atoms. The van der Waals surface area contributed by atoms with E-state index in [1.165, 1.54) is 9.13 Å². The summed E-state index contributed by atoms with van der Waals surface area (Å²) in [6.45, 7) is 5.64. The summed E-state index contributed by atoms with van der Waals surface area (Å²) in [4.78, 5) is 32.6. The second-order valence-corrected chi connectivity index (χ2v) is 7.24. The molecule has 1 aliphatic rings. The fourth-order valence-electron chi connectivity index (χ4n) is 3.67. The third kappa shape index (κ3) is 4.00. The highest BCUT2D eigenvalue weighted by Crippen LogP contribution is 2.30. The van der Waals surface area contributed by atoms with Crippen LogP contribution in [0.5, 0.6) is 11.5 Å². The van der Waals surface area contributed by atoms with Crippen LogP contribution >= 0.6 is 0 Å². The summed E-state index contributed by atoms with van der Waals surface area (Å²) in [6.07, 6.45) is 4.52. The summed E-state index contributed by atoms with van der Waals surface area (Å²) >= 11 is 0. The van der Waals surface area contributed by atoms with Crippen LogP contribution in [-0.2, 0) is 17.8 Å². The molecule has 0 radical (unpaired) electrons. The zero-order valence-corrected chi connectivity index (χ0v) is 17.9. The van der Waals surface area contributed by atoms with Crippen molar-refractivity contribution in [2.45, 2.75) is 39.5 Å². The maximum atomic E-state index is 12.6. The largest absolute Gasteiger partial charge is 0.493 e. The highest BCUT2D eigenvalue weighted by molar-refractivity contribution is 5.76. The van der Waals surface area contributed by atoms with Gasteiger partial charge in [-0.25, -0.2) is 9.78 Å². The Hall–Kier alpha value is -3.33. The average molecular weight is 426 g/mol. The van der Waals surface area contributed by atoms with Crippen LogP contribution in [0.15, 0.2) is 27.8 Å². The lowest BCUT2D eigenvalue weighted by atomic mass is 10.2. The van der Waals surface area contributed by atoms with Crippen LogP contribution < -0.4 is 20.7 Å². The van der Waals surface area contributed by atoms with Gasteiger partial charge in [-0.15, -0.1) is 0 Å². The molecule has 4 rings (SSSR count). The number of aromatic nitrogens is 4. The van der Waals surface area contributed by atoms with Crippen LogP contribution in [0.3, 0.4) is 0 Å². The minimum absolute atomic E-state index is 0.0363. The Morgan fingerprint density at radius 3 is 2.68 bits per heavy atom. The number of aryl methyl sites for hydroxylation is 1. The molecule has 1 aromatic carbocycles. The monoisotopic (exact) mass is 426 g/mol. The maximum absolute atomic E-state index is 12.6. The van der Waals surface area contributed by atoms with Gasteiger partial charge in [0.25, 0.3) is 5.56 Å².